The molecule has 0 saturated carbocycles. The van der Waals surface area contributed by atoms with Gasteiger partial charge in [-0.2, -0.15) is 5.10 Å². The Labute approximate surface area is 114 Å². The molecule has 0 atom stereocenters. The number of rotatable bonds is 4. The number of hydrogen-bond acceptors (Lipinski definition) is 3. The lowest BCUT2D eigenvalue weighted by Gasteiger charge is -2.11. The maximum atomic E-state index is 12.3. The number of aromatic nitrogens is 2. The molecule has 108 valence electrons. The molecule has 0 amide bonds. The molecule has 0 radical (unpaired) electrons. The number of alkyl halides is 3. The average Bonchev–Trinajstić information content (AvgIpc) is 2.85. The minimum absolute atomic E-state index is 0.129. The second-order valence-corrected chi connectivity index (χ2v) is 4.20. The van der Waals surface area contributed by atoms with E-state index in [-0.39, 0.29) is 12.3 Å². The van der Waals surface area contributed by atoms with Crippen molar-refractivity contribution in [1.82, 2.24) is 9.78 Å². The molecule has 1 aromatic carbocycles. The summed E-state index contributed by atoms with van der Waals surface area (Å²) in [6, 6.07) is 4.32. The SMILES string of the molecule is CCn1cc(-c2cc(CN)cc(OC(F)(F)F)c2)cn1. The van der Waals surface area contributed by atoms with Gasteiger partial charge in [-0.1, -0.05) is 0 Å². The first kappa shape index (κ1) is 14.4. The van der Waals surface area contributed by atoms with Crippen molar-refractivity contribution in [3.05, 3.63) is 36.2 Å². The first-order valence-corrected chi connectivity index (χ1v) is 6.04. The highest BCUT2D eigenvalue weighted by molar-refractivity contribution is 5.64. The first-order chi connectivity index (χ1) is 9.41. The Morgan fingerprint density at radius 3 is 2.55 bits per heavy atom. The van der Waals surface area contributed by atoms with E-state index in [0.29, 0.717) is 23.2 Å². The minimum atomic E-state index is -4.72. The lowest BCUT2D eigenvalue weighted by molar-refractivity contribution is -0.274. The summed E-state index contributed by atoms with van der Waals surface area (Å²) in [5.74, 6) is -0.278. The van der Waals surface area contributed by atoms with Crippen molar-refractivity contribution in [2.24, 2.45) is 5.73 Å². The van der Waals surface area contributed by atoms with E-state index in [2.05, 4.69) is 9.84 Å². The zero-order valence-corrected chi connectivity index (χ0v) is 10.8. The number of ether oxygens (including phenoxy) is 1. The van der Waals surface area contributed by atoms with Gasteiger partial charge in [0.05, 0.1) is 6.20 Å². The fourth-order valence-electron chi connectivity index (χ4n) is 1.82. The van der Waals surface area contributed by atoms with Gasteiger partial charge >= 0.3 is 6.36 Å². The van der Waals surface area contributed by atoms with Crippen LogP contribution in [0.3, 0.4) is 0 Å². The zero-order valence-electron chi connectivity index (χ0n) is 10.8. The average molecular weight is 285 g/mol. The van der Waals surface area contributed by atoms with Crippen molar-refractivity contribution in [3.63, 3.8) is 0 Å². The lowest BCUT2D eigenvalue weighted by atomic mass is 10.1. The number of aryl methyl sites for hydroxylation is 1. The van der Waals surface area contributed by atoms with Crippen LogP contribution in [0.15, 0.2) is 30.6 Å². The molecule has 0 bridgehead atoms. The molecular formula is C13H14F3N3O. The fourth-order valence-corrected chi connectivity index (χ4v) is 1.82. The number of benzene rings is 1. The Kier molecular flexibility index (Phi) is 3.99. The standard InChI is InChI=1S/C13H14F3N3O/c1-2-19-8-11(7-18-19)10-3-9(6-17)4-12(5-10)20-13(14,15)16/h3-5,7-8H,2,6,17H2,1H3. The van der Waals surface area contributed by atoms with E-state index in [1.807, 2.05) is 6.92 Å². The highest BCUT2D eigenvalue weighted by atomic mass is 19.4. The van der Waals surface area contributed by atoms with E-state index in [4.69, 9.17) is 5.73 Å². The number of nitrogens with zero attached hydrogens (tertiary/aromatic N) is 2. The normalized spacial score (nSPS) is 11.7. The fraction of sp³-hybridized carbons (Fsp3) is 0.308. The van der Waals surface area contributed by atoms with Crippen molar-refractivity contribution in [2.45, 2.75) is 26.4 Å². The molecule has 2 N–H and O–H groups in total. The molecule has 4 nitrogen and oxygen atoms in total. The summed E-state index contributed by atoms with van der Waals surface area (Å²) in [5, 5.41) is 4.09. The van der Waals surface area contributed by atoms with Crippen LogP contribution in [-0.2, 0) is 13.1 Å². The van der Waals surface area contributed by atoms with Crippen LogP contribution in [0, 0.1) is 0 Å². The molecule has 7 heteroatoms. The van der Waals surface area contributed by atoms with Crippen molar-refractivity contribution < 1.29 is 17.9 Å². The lowest BCUT2D eigenvalue weighted by Crippen LogP contribution is -2.17. The number of halogens is 3. The Bertz CT molecular complexity index is 593. The number of hydrogen-bond donors (Lipinski definition) is 1. The molecular weight excluding hydrogens is 271 g/mol. The molecule has 0 aliphatic carbocycles. The van der Waals surface area contributed by atoms with Gasteiger partial charge in [-0.15, -0.1) is 13.2 Å². The highest BCUT2D eigenvalue weighted by Crippen LogP contribution is 2.29. The monoisotopic (exact) mass is 285 g/mol. The number of nitrogens with two attached hydrogens (primary N) is 1. The smallest absolute Gasteiger partial charge is 0.406 e. The zero-order chi connectivity index (χ0) is 14.8. The summed E-state index contributed by atoms with van der Waals surface area (Å²) in [7, 11) is 0. The molecule has 0 aliphatic rings. The van der Waals surface area contributed by atoms with E-state index in [0.717, 1.165) is 0 Å². The maximum absolute atomic E-state index is 12.3. The molecule has 1 aromatic heterocycles. The summed E-state index contributed by atoms with van der Waals surface area (Å²) in [6.07, 6.45) is -1.37. The van der Waals surface area contributed by atoms with Gasteiger partial charge in [-0.25, -0.2) is 0 Å². The van der Waals surface area contributed by atoms with E-state index >= 15 is 0 Å². The molecule has 2 aromatic rings. The Balaban J connectivity index is 2.39. The van der Waals surface area contributed by atoms with Crippen LogP contribution < -0.4 is 10.5 Å². The van der Waals surface area contributed by atoms with Gasteiger partial charge in [0.1, 0.15) is 5.75 Å². The van der Waals surface area contributed by atoms with Crippen LogP contribution >= 0.6 is 0 Å². The highest BCUT2D eigenvalue weighted by Gasteiger charge is 2.31. The van der Waals surface area contributed by atoms with Crippen LogP contribution in [0.4, 0.5) is 13.2 Å². The van der Waals surface area contributed by atoms with Crippen LogP contribution in [0.5, 0.6) is 5.75 Å². The van der Waals surface area contributed by atoms with Crippen molar-refractivity contribution in [2.75, 3.05) is 0 Å². The molecule has 0 spiro atoms. The van der Waals surface area contributed by atoms with Gasteiger partial charge in [0.15, 0.2) is 0 Å². The summed E-state index contributed by atoms with van der Waals surface area (Å²) in [5.41, 5.74) is 7.37. The largest absolute Gasteiger partial charge is 0.573 e. The quantitative estimate of drug-likeness (QED) is 0.939. The third-order valence-corrected chi connectivity index (χ3v) is 2.73. The van der Waals surface area contributed by atoms with Crippen LogP contribution in [0.25, 0.3) is 11.1 Å². The molecule has 0 aliphatic heterocycles. The van der Waals surface area contributed by atoms with Crippen LogP contribution in [-0.4, -0.2) is 16.1 Å². The molecule has 0 unspecified atom stereocenters. The Morgan fingerprint density at radius 2 is 2.00 bits per heavy atom. The Morgan fingerprint density at radius 1 is 1.25 bits per heavy atom. The van der Waals surface area contributed by atoms with Gasteiger partial charge in [-0.3, -0.25) is 4.68 Å². The van der Waals surface area contributed by atoms with Gasteiger partial charge in [0, 0.05) is 24.8 Å². The van der Waals surface area contributed by atoms with Gasteiger partial charge in [0.2, 0.25) is 0 Å². The minimum Gasteiger partial charge on any atom is -0.406 e. The maximum Gasteiger partial charge on any atom is 0.573 e. The summed E-state index contributed by atoms with van der Waals surface area (Å²) < 4.78 is 42.5. The third-order valence-electron chi connectivity index (χ3n) is 2.73. The summed E-state index contributed by atoms with van der Waals surface area (Å²) >= 11 is 0. The molecule has 1 heterocycles. The Hall–Kier alpha value is -2.02. The summed E-state index contributed by atoms with van der Waals surface area (Å²) in [6.45, 7) is 2.73. The van der Waals surface area contributed by atoms with Crippen molar-refractivity contribution in [3.8, 4) is 16.9 Å². The van der Waals surface area contributed by atoms with Gasteiger partial charge < -0.3 is 10.5 Å². The molecule has 0 fully saturated rings. The van der Waals surface area contributed by atoms with E-state index in [1.165, 1.54) is 12.1 Å². The third kappa shape index (κ3) is 3.51. The summed E-state index contributed by atoms with van der Waals surface area (Å²) in [4.78, 5) is 0. The van der Waals surface area contributed by atoms with E-state index in [9.17, 15) is 13.2 Å². The van der Waals surface area contributed by atoms with Gasteiger partial charge in [0.25, 0.3) is 0 Å². The van der Waals surface area contributed by atoms with Crippen LogP contribution in [0.2, 0.25) is 0 Å². The molecule has 20 heavy (non-hydrogen) atoms. The van der Waals surface area contributed by atoms with E-state index in [1.54, 1.807) is 23.1 Å². The predicted molar refractivity (Wildman–Crippen MR) is 67.9 cm³/mol. The van der Waals surface area contributed by atoms with E-state index < -0.39 is 6.36 Å². The molecule has 2 rings (SSSR count). The second-order valence-electron chi connectivity index (χ2n) is 4.20. The van der Waals surface area contributed by atoms with Crippen LogP contribution in [0.1, 0.15) is 12.5 Å². The topological polar surface area (TPSA) is 53.1 Å². The predicted octanol–water partition coefficient (Wildman–Crippen LogP) is 2.93. The van der Waals surface area contributed by atoms with Crippen molar-refractivity contribution in [1.29, 1.82) is 0 Å². The molecule has 0 saturated heterocycles. The first-order valence-electron chi connectivity index (χ1n) is 6.04. The second kappa shape index (κ2) is 5.54. The van der Waals surface area contributed by atoms with Crippen molar-refractivity contribution >= 4 is 0 Å². The van der Waals surface area contributed by atoms with Gasteiger partial charge in [-0.05, 0) is 36.2 Å².